The molecule has 8 heteroatoms. The molecule has 0 aliphatic heterocycles. The van der Waals surface area contributed by atoms with Gasteiger partial charge < -0.3 is 14.4 Å². The van der Waals surface area contributed by atoms with Gasteiger partial charge in [0.15, 0.2) is 0 Å². The van der Waals surface area contributed by atoms with E-state index in [1.807, 2.05) is 29.0 Å². The summed E-state index contributed by atoms with van der Waals surface area (Å²) in [6.07, 6.45) is 3.34. The number of carbonyl (C=O) groups excluding carboxylic acids is 1. The molecule has 2 N–H and O–H groups in total. The van der Waals surface area contributed by atoms with Gasteiger partial charge in [-0.2, -0.15) is 5.10 Å². The van der Waals surface area contributed by atoms with Gasteiger partial charge in [0.2, 0.25) is 0 Å². The molecular formula is C20H16IN3O4. The highest BCUT2D eigenvalue weighted by Gasteiger charge is 2.12. The fourth-order valence-corrected chi connectivity index (χ4v) is 3.03. The van der Waals surface area contributed by atoms with Crippen LogP contribution in [0.25, 0.3) is 5.69 Å². The average molecular weight is 489 g/mol. The number of benzene rings is 2. The molecule has 0 saturated heterocycles. The minimum atomic E-state index is -0.977. The van der Waals surface area contributed by atoms with E-state index < -0.39 is 5.97 Å². The maximum absolute atomic E-state index is 12.4. The minimum Gasteiger partial charge on any atom is -0.496 e. The normalized spacial score (nSPS) is 10.8. The van der Waals surface area contributed by atoms with Crippen molar-refractivity contribution in [1.82, 2.24) is 9.99 Å². The van der Waals surface area contributed by atoms with Crippen molar-refractivity contribution in [3.05, 3.63) is 81.2 Å². The van der Waals surface area contributed by atoms with Gasteiger partial charge in [-0.15, -0.1) is 0 Å². The number of hydrazone groups is 1. The largest absolute Gasteiger partial charge is 0.496 e. The van der Waals surface area contributed by atoms with Crippen molar-refractivity contribution in [2.75, 3.05) is 7.11 Å². The molecule has 0 aliphatic rings. The van der Waals surface area contributed by atoms with Crippen LogP contribution in [0.15, 0.2) is 65.9 Å². The molecule has 0 saturated carbocycles. The molecule has 7 nitrogen and oxygen atoms in total. The topological polar surface area (TPSA) is 92.9 Å². The Morgan fingerprint density at radius 2 is 1.93 bits per heavy atom. The van der Waals surface area contributed by atoms with E-state index in [2.05, 4.69) is 33.1 Å². The molecule has 1 heterocycles. The summed E-state index contributed by atoms with van der Waals surface area (Å²) in [5.41, 5.74) is 4.59. The van der Waals surface area contributed by atoms with Crippen LogP contribution in [-0.2, 0) is 0 Å². The number of rotatable bonds is 6. The average Bonchev–Trinajstić information content (AvgIpc) is 3.16. The Morgan fingerprint density at radius 3 is 2.61 bits per heavy atom. The highest BCUT2D eigenvalue weighted by molar-refractivity contribution is 14.1. The van der Waals surface area contributed by atoms with Crippen molar-refractivity contribution in [2.24, 2.45) is 5.10 Å². The molecule has 0 fully saturated rings. The highest BCUT2D eigenvalue weighted by atomic mass is 127. The summed E-state index contributed by atoms with van der Waals surface area (Å²) in [5.74, 6) is -0.885. The maximum atomic E-state index is 12.4. The van der Waals surface area contributed by atoms with Crippen LogP contribution in [0.5, 0.6) is 5.75 Å². The Labute approximate surface area is 174 Å². The number of aromatic nitrogens is 1. The molecule has 2 aromatic carbocycles. The van der Waals surface area contributed by atoms with E-state index in [1.54, 1.807) is 24.3 Å². The molecule has 0 atom stereocenters. The molecule has 142 valence electrons. The number of carbonyl (C=O) groups is 2. The molecule has 0 bridgehead atoms. The molecule has 1 amide bonds. The number of carboxylic acids is 1. The summed E-state index contributed by atoms with van der Waals surface area (Å²) in [6.45, 7) is 0. The molecule has 28 heavy (non-hydrogen) atoms. The van der Waals surface area contributed by atoms with Crippen LogP contribution in [0.4, 0.5) is 0 Å². The summed E-state index contributed by atoms with van der Waals surface area (Å²) in [5, 5.41) is 13.0. The number of aromatic carboxylic acids is 1. The highest BCUT2D eigenvalue weighted by Crippen LogP contribution is 2.21. The first-order valence-electron chi connectivity index (χ1n) is 8.17. The van der Waals surface area contributed by atoms with Gasteiger partial charge in [0.1, 0.15) is 5.75 Å². The number of methoxy groups -OCH3 is 1. The third kappa shape index (κ3) is 4.39. The van der Waals surface area contributed by atoms with Crippen molar-refractivity contribution in [1.29, 1.82) is 0 Å². The van der Waals surface area contributed by atoms with Crippen molar-refractivity contribution in [3.63, 3.8) is 0 Å². The Balaban J connectivity index is 1.75. The van der Waals surface area contributed by atoms with Gasteiger partial charge >= 0.3 is 5.97 Å². The summed E-state index contributed by atoms with van der Waals surface area (Å²) in [6, 6.07) is 15.4. The quantitative estimate of drug-likeness (QED) is 0.315. The first-order chi connectivity index (χ1) is 13.5. The molecule has 0 spiro atoms. The monoisotopic (exact) mass is 489 g/mol. The predicted octanol–water partition coefficient (Wildman–Crippen LogP) is 3.55. The Morgan fingerprint density at radius 1 is 1.18 bits per heavy atom. The molecule has 1 aromatic heterocycles. The summed E-state index contributed by atoms with van der Waals surface area (Å²) in [4.78, 5) is 23.3. The van der Waals surface area contributed by atoms with E-state index in [0.29, 0.717) is 11.3 Å². The smallest absolute Gasteiger partial charge is 0.335 e. The summed E-state index contributed by atoms with van der Waals surface area (Å²) >= 11 is 2.14. The number of halogens is 1. The predicted molar refractivity (Wildman–Crippen MR) is 113 cm³/mol. The van der Waals surface area contributed by atoms with Gasteiger partial charge in [-0.3, -0.25) is 4.79 Å². The lowest BCUT2D eigenvalue weighted by Gasteiger charge is -2.08. The van der Waals surface area contributed by atoms with Gasteiger partial charge in [-0.1, -0.05) is 0 Å². The van der Waals surface area contributed by atoms with Crippen LogP contribution in [0.2, 0.25) is 0 Å². The Bertz CT molecular complexity index is 1040. The second-order valence-corrected chi connectivity index (χ2v) is 6.94. The zero-order chi connectivity index (χ0) is 20.1. The van der Waals surface area contributed by atoms with Crippen molar-refractivity contribution < 1.29 is 19.4 Å². The number of amides is 1. The lowest BCUT2D eigenvalue weighted by molar-refractivity contribution is 0.0696. The zero-order valence-electron chi connectivity index (χ0n) is 14.8. The molecular weight excluding hydrogens is 473 g/mol. The summed E-state index contributed by atoms with van der Waals surface area (Å²) < 4.78 is 8.03. The van der Waals surface area contributed by atoms with Gasteiger partial charge in [-0.25, -0.2) is 10.2 Å². The lowest BCUT2D eigenvalue weighted by Crippen LogP contribution is -2.18. The maximum Gasteiger partial charge on any atom is 0.335 e. The molecule has 0 aliphatic carbocycles. The standard InChI is InChI=1S/C20H16IN3O4/c1-28-18-11-14(21)6-9-17(18)19(25)23-22-12-16-3-2-10-24(16)15-7-4-13(5-8-15)20(26)27/h2-12H,1H3,(H,23,25)(H,26,27)/b22-12-. The SMILES string of the molecule is COc1cc(I)ccc1C(=O)N/N=C\c1cccn1-c1ccc(C(=O)O)cc1. The van der Waals surface area contributed by atoms with Crippen molar-refractivity contribution in [2.45, 2.75) is 0 Å². The molecule has 0 radical (unpaired) electrons. The number of nitrogens with one attached hydrogen (secondary N) is 1. The zero-order valence-corrected chi connectivity index (χ0v) is 17.0. The lowest BCUT2D eigenvalue weighted by atomic mass is 10.2. The van der Waals surface area contributed by atoms with Crippen molar-refractivity contribution in [3.8, 4) is 11.4 Å². The fraction of sp³-hybridized carbons (Fsp3) is 0.0500. The van der Waals surface area contributed by atoms with E-state index in [9.17, 15) is 9.59 Å². The van der Waals surface area contributed by atoms with Crippen LogP contribution >= 0.6 is 22.6 Å². The molecule has 0 unspecified atom stereocenters. The number of hydrogen-bond donors (Lipinski definition) is 2. The van der Waals surface area contributed by atoms with E-state index in [-0.39, 0.29) is 11.5 Å². The number of hydrogen-bond acceptors (Lipinski definition) is 4. The number of carboxylic acid groups (broad SMARTS) is 1. The minimum absolute atomic E-state index is 0.213. The fourth-order valence-electron chi connectivity index (χ4n) is 2.57. The molecule has 3 aromatic rings. The van der Waals surface area contributed by atoms with Crippen molar-refractivity contribution >= 4 is 40.7 Å². The number of nitrogens with zero attached hydrogens (tertiary/aromatic N) is 2. The van der Waals surface area contributed by atoms with Gasteiger partial charge in [0.05, 0.1) is 30.1 Å². The Kier molecular flexibility index (Phi) is 6.09. The van der Waals surface area contributed by atoms with Crippen LogP contribution in [0.3, 0.4) is 0 Å². The second-order valence-electron chi connectivity index (χ2n) is 5.70. The number of ether oxygens (including phenoxy) is 1. The van der Waals surface area contributed by atoms with E-state index in [1.165, 1.54) is 25.5 Å². The van der Waals surface area contributed by atoms with Crippen LogP contribution in [-0.4, -0.2) is 34.9 Å². The Hall–Kier alpha value is -3.14. The van der Waals surface area contributed by atoms with Crippen LogP contribution in [0, 0.1) is 3.57 Å². The third-order valence-corrected chi connectivity index (χ3v) is 4.61. The van der Waals surface area contributed by atoms with Crippen LogP contribution < -0.4 is 10.2 Å². The molecule has 3 rings (SSSR count). The van der Waals surface area contributed by atoms with E-state index in [4.69, 9.17) is 9.84 Å². The summed E-state index contributed by atoms with van der Waals surface area (Å²) in [7, 11) is 1.51. The van der Waals surface area contributed by atoms with Gasteiger partial charge in [-0.05, 0) is 77.2 Å². The second kappa shape index (κ2) is 8.70. The van der Waals surface area contributed by atoms with Gasteiger partial charge in [0, 0.05) is 15.5 Å². The first kappa shape index (κ1) is 19.6. The van der Waals surface area contributed by atoms with E-state index in [0.717, 1.165) is 15.0 Å². The third-order valence-electron chi connectivity index (χ3n) is 3.94. The van der Waals surface area contributed by atoms with Gasteiger partial charge in [0.25, 0.3) is 5.91 Å². The van der Waals surface area contributed by atoms with E-state index >= 15 is 0 Å². The van der Waals surface area contributed by atoms with Crippen LogP contribution in [0.1, 0.15) is 26.4 Å². The first-order valence-corrected chi connectivity index (χ1v) is 9.25.